The highest BCUT2D eigenvalue weighted by Crippen LogP contribution is 2.03. The molecular formula is C16H28N4O8. The van der Waals surface area contributed by atoms with E-state index in [9.17, 15) is 29.1 Å². The first-order valence-electron chi connectivity index (χ1n) is 8.57. The van der Waals surface area contributed by atoms with Crippen LogP contribution in [-0.4, -0.2) is 75.3 Å². The molecule has 0 aromatic rings. The van der Waals surface area contributed by atoms with Crippen LogP contribution >= 0.6 is 0 Å². The summed E-state index contributed by atoms with van der Waals surface area (Å²) in [7, 11) is 0. The van der Waals surface area contributed by atoms with Gasteiger partial charge in [-0.25, -0.2) is 0 Å². The van der Waals surface area contributed by atoms with Crippen molar-refractivity contribution in [3.63, 3.8) is 0 Å². The fraction of sp³-hybridized carbons (Fsp3) is 0.688. The van der Waals surface area contributed by atoms with Crippen LogP contribution in [-0.2, 0) is 24.0 Å². The number of carboxylic acids is 2. The molecule has 0 heterocycles. The van der Waals surface area contributed by atoms with Gasteiger partial charge in [0.1, 0.15) is 18.1 Å². The van der Waals surface area contributed by atoms with Crippen molar-refractivity contribution in [2.45, 2.75) is 64.4 Å². The molecule has 0 aromatic heterocycles. The van der Waals surface area contributed by atoms with Gasteiger partial charge in [0.05, 0.1) is 18.6 Å². The summed E-state index contributed by atoms with van der Waals surface area (Å²) in [6, 6.07) is -5.40. The Morgan fingerprint density at radius 2 is 1.39 bits per heavy atom. The lowest BCUT2D eigenvalue weighted by Gasteiger charge is -2.26. The van der Waals surface area contributed by atoms with E-state index < -0.39 is 66.4 Å². The molecule has 0 radical (unpaired) electrons. The summed E-state index contributed by atoms with van der Waals surface area (Å²) < 4.78 is 0. The number of aliphatic carboxylic acids is 2. The van der Waals surface area contributed by atoms with Gasteiger partial charge in [0, 0.05) is 0 Å². The van der Waals surface area contributed by atoms with Crippen LogP contribution in [0, 0.1) is 5.92 Å². The standard InChI is InChI=1S/C16H28N4O8/c1-6(2)11(17)14(25)20-12(8(4)21)15(26)19-9(5-10(22)23)13(24)18-7(3)16(27)28/h6-9,11-12,21H,5,17H2,1-4H3,(H,18,24)(H,19,26)(H,20,25)(H,22,23)(H,27,28). The van der Waals surface area contributed by atoms with E-state index in [1.165, 1.54) is 6.92 Å². The Labute approximate surface area is 161 Å². The topological polar surface area (TPSA) is 208 Å². The molecule has 3 amide bonds. The van der Waals surface area contributed by atoms with Crippen molar-refractivity contribution in [3.05, 3.63) is 0 Å². The van der Waals surface area contributed by atoms with Gasteiger partial charge in [0.15, 0.2) is 0 Å². The summed E-state index contributed by atoms with van der Waals surface area (Å²) in [5, 5.41) is 34.0. The molecule has 12 heteroatoms. The molecule has 0 aromatic carbocycles. The van der Waals surface area contributed by atoms with Gasteiger partial charge in [0.2, 0.25) is 17.7 Å². The number of amides is 3. The fourth-order valence-electron chi connectivity index (χ4n) is 1.98. The molecule has 28 heavy (non-hydrogen) atoms. The lowest BCUT2D eigenvalue weighted by molar-refractivity contribution is -0.143. The average Bonchev–Trinajstić information content (AvgIpc) is 2.56. The summed E-state index contributed by atoms with van der Waals surface area (Å²) in [5.41, 5.74) is 5.68. The third-order valence-corrected chi connectivity index (χ3v) is 3.82. The zero-order valence-electron chi connectivity index (χ0n) is 16.1. The van der Waals surface area contributed by atoms with Crippen molar-refractivity contribution in [1.29, 1.82) is 0 Å². The van der Waals surface area contributed by atoms with Crippen LogP contribution in [0.2, 0.25) is 0 Å². The van der Waals surface area contributed by atoms with Crippen LogP contribution in [0.5, 0.6) is 0 Å². The van der Waals surface area contributed by atoms with Crippen LogP contribution in [0.25, 0.3) is 0 Å². The van der Waals surface area contributed by atoms with Gasteiger partial charge in [-0.1, -0.05) is 13.8 Å². The van der Waals surface area contributed by atoms with Crippen molar-refractivity contribution in [2.75, 3.05) is 0 Å². The Morgan fingerprint density at radius 1 is 0.857 bits per heavy atom. The van der Waals surface area contributed by atoms with Crippen molar-refractivity contribution >= 4 is 29.7 Å². The van der Waals surface area contributed by atoms with E-state index in [0.717, 1.165) is 6.92 Å². The lowest BCUT2D eigenvalue weighted by atomic mass is 10.0. The van der Waals surface area contributed by atoms with Gasteiger partial charge >= 0.3 is 11.9 Å². The Kier molecular flexibility index (Phi) is 10.1. The monoisotopic (exact) mass is 404 g/mol. The molecule has 0 saturated heterocycles. The van der Waals surface area contributed by atoms with Gasteiger partial charge in [-0.2, -0.15) is 0 Å². The molecule has 8 N–H and O–H groups in total. The van der Waals surface area contributed by atoms with Gasteiger partial charge < -0.3 is 37.0 Å². The van der Waals surface area contributed by atoms with E-state index in [1.54, 1.807) is 13.8 Å². The molecule has 0 fully saturated rings. The molecule has 0 spiro atoms. The summed E-state index contributed by atoms with van der Waals surface area (Å²) in [4.78, 5) is 58.4. The molecule has 0 aliphatic carbocycles. The van der Waals surface area contributed by atoms with Gasteiger partial charge in [-0.3, -0.25) is 24.0 Å². The SMILES string of the molecule is CC(NC(=O)C(CC(=O)O)NC(=O)C(NC(=O)C(N)C(C)C)C(C)O)C(=O)O. The number of hydrogen-bond acceptors (Lipinski definition) is 7. The van der Waals surface area contributed by atoms with E-state index in [0.29, 0.717) is 0 Å². The minimum Gasteiger partial charge on any atom is -0.481 e. The normalized spacial score (nSPS) is 16.2. The molecule has 0 aliphatic rings. The van der Waals surface area contributed by atoms with Gasteiger partial charge in [-0.15, -0.1) is 0 Å². The number of carboxylic acid groups (broad SMARTS) is 2. The predicted octanol–water partition coefficient (Wildman–Crippen LogP) is -2.62. The maximum absolute atomic E-state index is 12.4. The van der Waals surface area contributed by atoms with E-state index in [4.69, 9.17) is 15.9 Å². The third kappa shape index (κ3) is 8.31. The number of nitrogens with two attached hydrogens (primary N) is 1. The maximum atomic E-state index is 12.4. The highest BCUT2D eigenvalue weighted by molar-refractivity contribution is 5.95. The van der Waals surface area contributed by atoms with E-state index in [2.05, 4.69) is 10.6 Å². The first kappa shape index (κ1) is 25.3. The minimum absolute atomic E-state index is 0.249. The second kappa shape index (κ2) is 11.2. The molecule has 0 rings (SSSR count). The summed E-state index contributed by atoms with van der Waals surface area (Å²) in [5.74, 6) is -5.81. The number of aliphatic hydroxyl groups is 1. The number of hydrogen-bond donors (Lipinski definition) is 7. The molecule has 12 nitrogen and oxygen atoms in total. The van der Waals surface area contributed by atoms with E-state index in [1.807, 2.05) is 5.32 Å². The average molecular weight is 404 g/mol. The Bertz CT molecular complexity index is 607. The van der Waals surface area contributed by atoms with E-state index >= 15 is 0 Å². The number of nitrogens with one attached hydrogen (secondary N) is 3. The maximum Gasteiger partial charge on any atom is 0.325 e. The van der Waals surface area contributed by atoms with Crippen molar-refractivity contribution in [2.24, 2.45) is 11.7 Å². The van der Waals surface area contributed by atoms with Crippen LogP contribution in [0.3, 0.4) is 0 Å². The highest BCUT2D eigenvalue weighted by Gasteiger charge is 2.33. The Morgan fingerprint density at radius 3 is 1.79 bits per heavy atom. The Balaban J connectivity index is 5.32. The number of rotatable bonds is 11. The van der Waals surface area contributed by atoms with Crippen LogP contribution in [0.15, 0.2) is 0 Å². The predicted molar refractivity (Wildman–Crippen MR) is 95.8 cm³/mol. The largest absolute Gasteiger partial charge is 0.481 e. The first-order chi connectivity index (χ1) is 12.8. The summed E-state index contributed by atoms with van der Waals surface area (Å²) >= 11 is 0. The second-order valence-corrected chi connectivity index (χ2v) is 6.72. The zero-order chi connectivity index (χ0) is 22.2. The van der Waals surface area contributed by atoms with Crippen molar-refractivity contribution < 1.29 is 39.3 Å². The molecule has 0 bridgehead atoms. The number of carbonyl (C=O) groups excluding carboxylic acids is 3. The second-order valence-electron chi connectivity index (χ2n) is 6.72. The van der Waals surface area contributed by atoms with E-state index in [-0.39, 0.29) is 5.92 Å². The third-order valence-electron chi connectivity index (χ3n) is 3.82. The zero-order valence-corrected chi connectivity index (χ0v) is 16.1. The van der Waals surface area contributed by atoms with Crippen LogP contribution in [0.1, 0.15) is 34.1 Å². The van der Waals surface area contributed by atoms with Gasteiger partial charge in [0.25, 0.3) is 0 Å². The molecule has 0 aliphatic heterocycles. The molecule has 5 atom stereocenters. The molecule has 160 valence electrons. The molecule has 5 unspecified atom stereocenters. The highest BCUT2D eigenvalue weighted by atomic mass is 16.4. The van der Waals surface area contributed by atoms with Crippen LogP contribution < -0.4 is 21.7 Å². The number of carbonyl (C=O) groups is 5. The fourth-order valence-corrected chi connectivity index (χ4v) is 1.98. The molecule has 0 saturated carbocycles. The van der Waals surface area contributed by atoms with Crippen molar-refractivity contribution in [1.82, 2.24) is 16.0 Å². The smallest absolute Gasteiger partial charge is 0.325 e. The minimum atomic E-state index is -1.62. The summed E-state index contributed by atoms with van der Waals surface area (Å²) in [6.07, 6.45) is -2.22. The van der Waals surface area contributed by atoms with Crippen LogP contribution in [0.4, 0.5) is 0 Å². The lowest BCUT2D eigenvalue weighted by Crippen LogP contribution is -2.60. The quantitative estimate of drug-likeness (QED) is 0.192. The first-order valence-corrected chi connectivity index (χ1v) is 8.57. The van der Waals surface area contributed by atoms with Gasteiger partial charge in [-0.05, 0) is 19.8 Å². The summed E-state index contributed by atoms with van der Waals surface area (Å²) in [6.45, 7) is 5.73. The number of aliphatic hydroxyl groups excluding tert-OH is 1. The molecular weight excluding hydrogens is 376 g/mol. The Hall–Kier alpha value is -2.73. The van der Waals surface area contributed by atoms with Crippen molar-refractivity contribution in [3.8, 4) is 0 Å².